The third-order valence-corrected chi connectivity index (χ3v) is 3.00. The number of hydrogen-bond acceptors (Lipinski definition) is 4. The molecule has 19 heavy (non-hydrogen) atoms. The van der Waals surface area contributed by atoms with Crippen LogP contribution in [0.1, 0.15) is 26.3 Å². The maximum Gasteiger partial charge on any atom is 0.421 e. The molecular formula is C14H17NO4. The number of amides is 2. The van der Waals surface area contributed by atoms with E-state index in [1.165, 1.54) is 14.0 Å². The smallest absolute Gasteiger partial charge is 0.421 e. The number of fused-ring (bicyclic) bond motifs is 1. The third-order valence-electron chi connectivity index (χ3n) is 3.00. The molecule has 0 saturated carbocycles. The van der Waals surface area contributed by atoms with Crippen molar-refractivity contribution >= 4 is 12.0 Å². The second-order valence-electron chi connectivity index (χ2n) is 5.23. The first-order valence-electron chi connectivity index (χ1n) is 6.07. The largest absolute Gasteiger partial charge is 0.483 e. The van der Waals surface area contributed by atoms with Crippen LogP contribution in [-0.4, -0.2) is 29.5 Å². The Morgan fingerprint density at radius 1 is 1.37 bits per heavy atom. The maximum absolute atomic E-state index is 11.7. The summed E-state index contributed by atoms with van der Waals surface area (Å²) in [4.78, 5) is 23.8. The first-order valence-corrected chi connectivity index (χ1v) is 6.07. The zero-order chi connectivity index (χ0) is 14.2. The SMILES string of the molecule is CC(=O)N(C)C(=O)Oc1cccc2c1OC(C)(C)C2. The van der Waals surface area contributed by atoms with Crippen molar-refractivity contribution in [1.29, 1.82) is 0 Å². The summed E-state index contributed by atoms with van der Waals surface area (Å²) in [6, 6.07) is 5.40. The molecule has 0 atom stereocenters. The first kappa shape index (κ1) is 13.4. The quantitative estimate of drug-likeness (QED) is 0.780. The van der Waals surface area contributed by atoms with Crippen LogP contribution < -0.4 is 9.47 Å². The maximum atomic E-state index is 11.7. The van der Waals surface area contributed by atoms with Gasteiger partial charge >= 0.3 is 6.09 Å². The van der Waals surface area contributed by atoms with Gasteiger partial charge in [-0.25, -0.2) is 4.79 Å². The topological polar surface area (TPSA) is 55.8 Å². The lowest BCUT2D eigenvalue weighted by Gasteiger charge is -2.18. The van der Waals surface area contributed by atoms with Crippen LogP contribution in [0.15, 0.2) is 18.2 Å². The fourth-order valence-corrected chi connectivity index (χ4v) is 1.96. The van der Waals surface area contributed by atoms with E-state index in [1.807, 2.05) is 19.9 Å². The standard InChI is InChI=1S/C14H17NO4/c1-9(16)15(4)13(17)18-11-7-5-6-10-8-14(2,3)19-12(10)11/h5-7H,8H2,1-4H3. The van der Waals surface area contributed by atoms with E-state index in [1.54, 1.807) is 12.1 Å². The van der Waals surface area contributed by atoms with Crippen molar-refractivity contribution in [3.63, 3.8) is 0 Å². The van der Waals surface area contributed by atoms with Crippen molar-refractivity contribution in [3.05, 3.63) is 23.8 Å². The summed E-state index contributed by atoms with van der Waals surface area (Å²) in [5.41, 5.74) is 0.693. The van der Waals surface area contributed by atoms with Gasteiger partial charge in [0.25, 0.3) is 0 Å². The molecule has 1 aromatic rings. The lowest BCUT2D eigenvalue weighted by molar-refractivity contribution is -0.125. The molecule has 1 aliphatic rings. The van der Waals surface area contributed by atoms with Crippen LogP contribution in [0.3, 0.4) is 0 Å². The normalized spacial score (nSPS) is 15.4. The van der Waals surface area contributed by atoms with E-state index in [2.05, 4.69) is 0 Å². The molecule has 0 bridgehead atoms. The summed E-state index contributed by atoms with van der Waals surface area (Å²) < 4.78 is 11.0. The minimum Gasteiger partial charge on any atom is -0.483 e. The minimum atomic E-state index is -0.714. The van der Waals surface area contributed by atoms with Crippen LogP contribution in [0.2, 0.25) is 0 Å². The highest BCUT2D eigenvalue weighted by molar-refractivity contribution is 5.91. The van der Waals surface area contributed by atoms with E-state index in [-0.39, 0.29) is 11.5 Å². The second kappa shape index (κ2) is 4.57. The molecule has 0 spiro atoms. The molecule has 2 amide bonds. The van der Waals surface area contributed by atoms with Crippen molar-refractivity contribution in [3.8, 4) is 11.5 Å². The van der Waals surface area contributed by atoms with E-state index in [9.17, 15) is 9.59 Å². The Kier molecular flexibility index (Phi) is 3.22. The summed E-state index contributed by atoms with van der Waals surface area (Å²) in [7, 11) is 1.37. The summed E-state index contributed by atoms with van der Waals surface area (Å²) in [5, 5.41) is 0. The number of benzene rings is 1. The first-order chi connectivity index (χ1) is 8.80. The minimum absolute atomic E-state index is 0.308. The summed E-state index contributed by atoms with van der Waals surface area (Å²) in [6.07, 6.45) is 0.0465. The Hall–Kier alpha value is -2.04. The number of hydrogen-bond donors (Lipinski definition) is 0. The lowest BCUT2D eigenvalue weighted by Crippen LogP contribution is -2.33. The van der Waals surface area contributed by atoms with Gasteiger partial charge in [0.1, 0.15) is 5.60 Å². The molecule has 1 aromatic carbocycles. The Bertz CT molecular complexity index is 536. The summed E-state index contributed by atoms with van der Waals surface area (Å²) in [6.45, 7) is 5.25. The molecule has 0 aromatic heterocycles. The molecule has 0 unspecified atom stereocenters. The van der Waals surface area contributed by atoms with E-state index in [0.717, 1.165) is 16.9 Å². The molecule has 1 aliphatic heterocycles. The van der Waals surface area contributed by atoms with Gasteiger partial charge in [0, 0.05) is 26.0 Å². The lowest BCUT2D eigenvalue weighted by atomic mass is 10.0. The van der Waals surface area contributed by atoms with Gasteiger partial charge in [-0.3, -0.25) is 9.69 Å². The van der Waals surface area contributed by atoms with Crippen molar-refractivity contribution in [1.82, 2.24) is 4.90 Å². The molecule has 5 nitrogen and oxygen atoms in total. The summed E-state index contributed by atoms with van der Waals surface area (Å²) in [5.74, 6) is 0.554. The number of ether oxygens (including phenoxy) is 2. The molecule has 0 N–H and O–H groups in total. The average molecular weight is 263 g/mol. The second-order valence-corrected chi connectivity index (χ2v) is 5.23. The van der Waals surface area contributed by atoms with Gasteiger partial charge in [-0.1, -0.05) is 12.1 Å². The van der Waals surface area contributed by atoms with E-state index < -0.39 is 6.09 Å². The molecular weight excluding hydrogens is 246 g/mol. The molecule has 0 fully saturated rings. The van der Waals surface area contributed by atoms with Gasteiger partial charge in [-0.15, -0.1) is 0 Å². The highest BCUT2D eigenvalue weighted by atomic mass is 16.6. The predicted octanol–water partition coefficient (Wildman–Crippen LogP) is 2.38. The van der Waals surface area contributed by atoms with Crippen molar-refractivity contribution in [2.24, 2.45) is 0 Å². The molecule has 5 heteroatoms. The molecule has 1 heterocycles. The van der Waals surface area contributed by atoms with Crippen LogP contribution in [0.5, 0.6) is 11.5 Å². The van der Waals surface area contributed by atoms with E-state index in [0.29, 0.717) is 11.5 Å². The fraction of sp³-hybridized carbons (Fsp3) is 0.429. The van der Waals surface area contributed by atoms with Gasteiger partial charge in [-0.05, 0) is 19.9 Å². The number of para-hydroxylation sites is 1. The molecule has 2 rings (SSSR count). The van der Waals surface area contributed by atoms with Gasteiger partial charge in [-0.2, -0.15) is 0 Å². The third kappa shape index (κ3) is 2.70. The van der Waals surface area contributed by atoms with Crippen molar-refractivity contribution < 1.29 is 19.1 Å². The number of nitrogens with zero attached hydrogens (tertiary/aromatic N) is 1. The van der Waals surface area contributed by atoms with Crippen molar-refractivity contribution in [2.45, 2.75) is 32.8 Å². The Balaban J connectivity index is 2.23. The van der Waals surface area contributed by atoms with Gasteiger partial charge in [0.05, 0.1) is 0 Å². The van der Waals surface area contributed by atoms with Crippen LogP contribution in [-0.2, 0) is 11.2 Å². The number of carbonyl (C=O) groups is 2. The van der Waals surface area contributed by atoms with Gasteiger partial charge in [0.15, 0.2) is 11.5 Å². The summed E-state index contributed by atoms with van der Waals surface area (Å²) >= 11 is 0. The predicted molar refractivity (Wildman–Crippen MR) is 69.3 cm³/mol. The molecule has 0 saturated heterocycles. The molecule has 0 aliphatic carbocycles. The van der Waals surface area contributed by atoms with Crippen LogP contribution in [0, 0.1) is 0 Å². The zero-order valence-corrected chi connectivity index (χ0v) is 11.5. The fourth-order valence-electron chi connectivity index (χ4n) is 1.96. The highest BCUT2D eigenvalue weighted by Crippen LogP contribution is 2.41. The van der Waals surface area contributed by atoms with Crippen LogP contribution in [0.25, 0.3) is 0 Å². The highest BCUT2D eigenvalue weighted by Gasteiger charge is 2.33. The van der Waals surface area contributed by atoms with Crippen LogP contribution >= 0.6 is 0 Å². The molecule has 102 valence electrons. The van der Waals surface area contributed by atoms with Gasteiger partial charge < -0.3 is 9.47 Å². The van der Waals surface area contributed by atoms with Gasteiger partial charge in [0.2, 0.25) is 5.91 Å². The molecule has 0 radical (unpaired) electrons. The Labute approximate surface area is 112 Å². The van der Waals surface area contributed by atoms with E-state index in [4.69, 9.17) is 9.47 Å². The zero-order valence-electron chi connectivity index (χ0n) is 11.5. The number of rotatable bonds is 1. The Morgan fingerprint density at radius 3 is 2.68 bits per heavy atom. The number of carbonyl (C=O) groups excluding carboxylic acids is 2. The van der Waals surface area contributed by atoms with Crippen molar-refractivity contribution in [2.75, 3.05) is 7.05 Å². The van der Waals surface area contributed by atoms with Crippen LogP contribution in [0.4, 0.5) is 4.79 Å². The average Bonchev–Trinajstić information content (AvgIpc) is 2.63. The number of imide groups is 1. The Morgan fingerprint density at radius 2 is 2.05 bits per heavy atom. The van der Waals surface area contributed by atoms with E-state index >= 15 is 0 Å². The monoisotopic (exact) mass is 263 g/mol.